The van der Waals surface area contributed by atoms with Crippen LogP contribution in [-0.2, 0) is 11.4 Å². The largest absolute Gasteiger partial charge is 0.597 e. The Bertz CT molecular complexity index is 1180. The first-order chi connectivity index (χ1) is 15.8. The van der Waals surface area contributed by atoms with Gasteiger partial charge in [0.05, 0.1) is 17.6 Å². The van der Waals surface area contributed by atoms with Crippen molar-refractivity contribution in [3.63, 3.8) is 0 Å². The molecule has 0 saturated heterocycles. The van der Waals surface area contributed by atoms with Gasteiger partial charge in [-0.2, -0.15) is 18.3 Å². The van der Waals surface area contributed by atoms with Gasteiger partial charge >= 0.3 is 6.18 Å². The third-order valence-corrected chi connectivity index (χ3v) is 7.96. The minimum absolute atomic E-state index is 0.0365. The maximum Gasteiger partial charge on any atom is 0.412 e. The standard InChI is InChI=1S/C23H27ClF3N5OS/c1-14-10-11-31(17-13-28-19-12-18(24)29-32(19)20(14)17)16-8-6-15(7-9-16)21(23(25,26)27)30(5)34(33)22(2,3)4/h6-9,12-14,21H,10-11H2,1-5H3/t14?,21-,34?/m0/s1. The van der Waals surface area contributed by atoms with Gasteiger partial charge in [-0.05, 0) is 44.9 Å². The highest BCUT2D eigenvalue weighted by atomic mass is 35.5. The quantitative estimate of drug-likeness (QED) is 0.399. The van der Waals surface area contributed by atoms with Gasteiger partial charge < -0.3 is 9.45 Å². The van der Waals surface area contributed by atoms with Crippen molar-refractivity contribution in [1.82, 2.24) is 18.9 Å². The molecule has 3 aromatic rings. The lowest BCUT2D eigenvalue weighted by atomic mass is 9.96. The molecular weight excluding hydrogens is 487 g/mol. The smallest absolute Gasteiger partial charge is 0.412 e. The van der Waals surface area contributed by atoms with Crippen molar-refractivity contribution < 1.29 is 17.7 Å². The zero-order chi connectivity index (χ0) is 25.0. The number of halogens is 4. The normalized spacial score (nSPS) is 18.9. The molecule has 3 atom stereocenters. The van der Waals surface area contributed by atoms with Gasteiger partial charge in [-0.1, -0.05) is 30.7 Å². The molecule has 1 aromatic carbocycles. The number of aromatic nitrogens is 3. The molecule has 0 radical (unpaired) electrons. The minimum atomic E-state index is -4.58. The number of rotatable bonds is 4. The Labute approximate surface area is 205 Å². The molecule has 1 aliphatic rings. The third kappa shape index (κ3) is 4.60. The summed E-state index contributed by atoms with van der Waals surface area (Å²) in [5.74, 6) is 0.211. The van der Waals surface area contributed by atoms with E-state index in [2.05, 4.69) is 17.0 Å². The van der Waals surface area contributed by atoms with Crippen molar-refractivity contribution >= 4 is 40.0 Å². The molecule has 6 nitrogen and oxygen atoms in total. The highest BCUT2D eigenvalue weighted by Crippen LogP contribution is 2.43. The minimum Gasteiger partial charge on any atom is -0.597 e. The zero-order valence-corrected chi connectivity index (χ0v) is 21.2. The van der Waals surface area contributed by atoms with Crippen LogP contribution in [0.15, 0.2) is 36.5 Å². The summed E-state index contributed by atoms with van der Waals surface area (Å²) in [6.07, 6.45) is -1.99. The van der Waals surface area contributed by atoms with E-state index in [1.54, 1.807) is 49.7 Å². The highest BCUT2D eigenvalue weighted by Gasteiger charge is 2.50. The molecule has 0 amide bonds. The second-order valence-corrected chi connectivity index (χ2v) is 12.2. The molecule has 1 aliphatic heterocycles. The Balaban J connectivity index is 1.70. The number of nitrogens with zero attached hydrogens (tertiary/aromatic N) is 5. The SMILES string of the molecule is CC1CCN(c2ccc([C@H](N(C)[S+]([O-])C(C)(C)C)C(F)(F)F)cc2)c2cnc3cc(Cl)nn3c21. The second kappa shape index (κ2) is 8.89. The molecule has 0 bridgehead atoms. The van der Waals surface area contributed by atoms with Crippen LogP contribution in [0.4, 0.5) is 24.5 Å². The topological polar surface area (TPSA) is 59.7 Å². The van der Waals surface area contributed by atoms with Crippen molar-refractivity contribution in [2.75, 3.05) is 18.5 Å². The van der Waals surface area contributed by atoms with E-state index < -0.39 is 28.3 Å². The van der Waals surface area contributed by atoms with Gasteiger partial charge in [0.15, 0.2) is 16.8 Å². The van der Waals surface area contributed by atoms with E-state index in [0.29, 0.717) is 17.3 Å². The monoisotopic (exact) mass is 513 g/mol. The lowest BCUT2D eigenvalue weighted by Crippen LogP contribution is -2.46. The van der Waals surface area contributed by atoms with Crippen LogP contribution in [-0.4, -0.2) is 48.0 Å². The summed E-state index contributed by atoms with van der Waals surface area (Å²) < 4.78 is 56.6. The Hall–Kier alpha value is -2.01. The number of anilines is 2. The average Bonchev–Trinajstić information content (AvgIpc) is 3.12. The molecule has 0 N–H and O–H groups in total. The Kier molecular flexibility index (Phi) is 6.56. The Morgan fingerprint density at radius 1 is 1.21 bits per heavy atom. The van der Waals surface area contributed by atoms with Gasteiger partial charge in [0.2, 0.25) is 0 Å². The van der Waals surface area contributed by atoms with E-state index in [-0.39, 0.29) is 11.5 Å². The van der Waals surface area contributed by atoms with Crippen LogP contribution in [0.5, 0.6) is 0 Å². The van der Waals surface area contributed by atoms with E-state index in [0.717, 1.165) is 27.8 Å². The molecule has 2 aromatic heterocycles. The van der Waals surface area contributed by atoms with Crippen LogP contribution in [0, 0.1) is 0 Å². The summed E-state index contributed by atoms with van der Waals surface area (Å²) in [6.45, 7) is 7.76. The highest BCUT2D eigenvalue weighted by molar-refractivity contribution is 7.90. The van der Waals surface area contributed by atoms with Crippen molar-refractivity contribution in [3.8, 4) is 0 Å². The maximum absolute atomic E-state index is 14.0. The lowest BCUT2D eigenvalue weighted by Gasteiger charge is -2.36. The molecular formula is C23H27ClF3N5OS. The van der Waals surface area contributed by atoms with Crippen LogP contribution < -0.4 is 4.90 Å². The predicted octanol–water partition coefficient (Wildman–Crippen LogP) is 6.03. The van der Waals surface area contributed by atoms with Gasteiger partial charge in [-0.25, -0.2) is 9.50 Å². The number of hydrogen-bond donors (Lipinski definition) is 0. The van der Waals surface area contributed by atoms with Gasteiger partial charge in [0, 0.05) is 42.6 Å². The van der Waals surface area contributed by atoms with Crippen LogP contribution >= 0.6 is 11.6 Å². The second-order valence-electron chi connectivity index (χ2n) is 9.55. The Morgan fingerprint density at radius 3 is 2.44 bits per heavy atom. The average molecular weight is 514 g/mol. The molecule has 0 aliphatic carbocycles. The summed E-state index contributed by atoms with van der Waals surface area (Å²) in [6, 6.07) is 5.96. The van der Waals surface area contributed by atoms with E-state index in [9.17, 15) is 17.7 Å². The lowest BCUT2D eigenvalue weighted by molar-refractivity contribution is -0.171. The summed E-state index contributed by atoms with van der Waals surface area (Å²) in [7, 11) is 1.25. The van der Waals surface area contributed by atoms with Gasteiger partial charge in [-0.3, -0.25) is 0 Å². The van der Waals surface area contributed by atoms with Crippen molar-refractivity contribution in [2.45, 2.75) is 57.0 Å². The summed E-state index contributed by atoms with van der Waals surface area (Å²) in [4.78, 5) is 6.48. The van der Waals surface area contributed by atoms with Crippen LogP contribution in [0.1, 0.15) is 57.3 Å². The van der Waals surface area contributed by atoms with Crippen LogP contribution in [0.3, 0.4) is 0 Å². The van der Waals surface area contributed by atoms with E-state index in [1.807, 2.05) is 4.90 Å². The molecule has 184 valence electrons. The summed E-state index contributed by atoms with van der Waals surface area (Å²) in [5, 5.41) is 4.71. The molecule has 4 rings (SSSR count). The van der Waals surface area contributed by atoms with Crippen LogP contribution in [0.25, 0.3) is 5.65 Å². The first kappa shape index (κ1) is 25.1. The molecule has 3 heterocycles. The fourth-order valence-electron chi connectivity index (χ4n) is 4.40. The van der Waals surface area contributed by atoms with Crippen molar-refractivity contribution in [2.24, 2.45) is 0 Å². The third-order valence-electron chi connectivity index (χ3n) is 5.99. The van der Waals surface area contributed by atoms with Gasteiger partial charge in [0.1, 0.15) is 4.75 Å². The van der Waals surface area contributed by atoms with Gasteiger partial charge in [0.25, 0.3) is 0 Å². The first-order valence-electron chi connectivity index (χ1n) is 10.9. The number of alkyl halides is 3. The number of hydrogen-bond acceptors (Lipinski definition) is 5. The fraction of sp³-hybridized carbons (Fsp3) is 0.478. The van der Waals surface area contributed by atoms with E-state index in [4.69, 9.17) is 11.6 Å². The molecule has 0 saturated carbocycles. The Morgan fingerprint density at radius 2 is 1.85 bits per heavy atom. The van der Waals surface area contributed by atoms with E-state index >= 15 is 0 Å². The van der Waals surface area contributed by atoms with Gasteiger partial charge in [-0.15, -0.1) is 4.31 Å². The van der Waals surface area contributed by atoms with Crippen molar-refractivity contribution in [1.29, 1.82) is 0 Å². The van der Waals surface area contributed by atoms with Crippen molar-refractivity contribution in [3.05, 3.63) is 52.9 Å². The fourth-order valence-corrected chi connectivity index (χ4v) is 5.87. The molecule has 0 fully saturated rings. The van der Waals surface area contributed by atoms with E-state index in [1.165, 1.54) is 19.2 Å². The summed E-state index contributed by atoms with van der Waals surface area (Å²) >= 11 is 4.24. The maximum atomic E-state index is 14.0. The molecule has 0 spiro atoms. The molecule has 34 heavy (non-hydrogen) atoms. The summed E-state index contributed by atoms with van der Waals surface area (Å²) in [5.41, 5.74) is 3.24. The first-order valence-corrected chi connectivity index (χ1v) is 12.4. The number of fused-ring (bicyclic) bond motifs is 3. The predicted molar refractivity (Wildman–Crippen MR) is 129 cm³/mol. The van der Waals surface area contributed by atoms with Crippen LogP contribution in [0.2, 0.25) is 5.15 Å². The molecule has 11 heteroatoms. The zero-order valence-electron chi connectivity index (χ0n) is 19.6. The number of benzene rings is 1. The molecule has 2 unspecified atom stereocenters.